The predicted octanol–water partition coefficient (Wildman–Crippen LogP) is 1.04. The molecule has 2 aromatic rings. The zero-order valence-electron chi connectivity index (χ0n) is 16.3. The molecule has 156 valence electrons. The Morgan fingerprint density at radius 1 is 1.14 bits per heavy atom. The molecule has 1 aromatic heterocycles. The van der Waals surface area contributed by atoms with Gasteiger partial charge in [0.15, 0.2) is 0 Å². The van der Waals surface area contributed by atoms with Gasteiger partial charge in [-0.3, -0.25) is 9.78 Å². The fourth-order valence-corrected chi connectivity index (χ4v) is 3.87. The minimum Gasteiger partial charge on any atom is -0.378 e. The molecule has 9 nitrogen and oxygen atoms in total. The summed E-state index contributed by atoms with van der Waals surface area (Å²) in [6, 6.07) is 6.70. The Kier molecular flexibility index (Phi) is 7.13. The number of carbonyl (C=O) groups excluding carboxylic acids is 1. The fraction of sp³-hybridized carbons (Fsp3) is 0.421. The Hall–Kier alpha value is -2.56. The summed E-state index contributed by atoms with van der Waals surface area (Å²) in [5.41, 5.74) is 1.28. The molecule has 1 saturated heterocycles. The number of hydrogen-bond acceptors (Lipinski definition) is 7. The van der Waals surface area contributed by atoms with Crippen molar-refractivity contribution in [2.75, 3.05) is 44.7 Å². The van der Waals surface area contributed by atoms with Crippen molar-refractivity contribution in [2.45, 2.75) is 18.2 Å². The van der Waals surface area contributed by atoms with E-state index in [1.165, 1.54) is 12.4 Å². The van der Waals surface area contributed by atoms with Crippen LogP contribution in [0.5, 0.6) is 0 Å². The lowest BCUT2D eigenvalue weighted by Gasteiger charge is -2.26. The molecule has 0 unspecified atom stereocenters. The average Bonchev–Trinajstić information content (AvgIpc) is 2.74. The normalized spacial score (nSPS) is 14.6. The van der Waals surface area contributed by atoms with Gasteiger partial charge in [-0.1, -0.05) is 17.7 Å². The van der Waals surface area contributed by atoms with Crippen LogP contribution in [-0.4, -0.2) is 68.6 Å². The van der Waals surface area contributed by atoms with Crippen LogP contribution in [-0.2, 0) is 14.8 Å². The summed E-state index contributed by atoms with van der Waals surface area (Å²) in [4.78, 5) is 22.8. The molecule has 0 aliphatic carbocycles. The van der Waals surface area contributed by atoms with Crippen molar-refractivity contribution in [1.29, 1.82) is 0 Å². The summed E-state index contributed by atoms with van der Waals surface area (Å²) in [7, 11) is -3.52. The molecule has 0 atom stereocenters. The second-order valence-corrected chi connectivity index (χ2v) is 8.45. The number of anilines is 1. The molecule has 0 bridgehead atoms. The Labute approximate surface area is 170 Å². The molecule has 0 saturated carbocycles. The van der Waals surface area contributed by atoms with E-state index in [1.807, 2.05) is 6.92 Å². The first-order valence-electron chi connectivity index (χ1n) is 9.45. The van der Waals surface area contributed by atoms with Gasteiger partial charge in [0.1, 0.15) is 11.5 Å². The van der Waals surface area contributed by atoms with Crippen molar-refractivity contribution < 1.29 is 17.9 Å². The Bertz CT molecular complexity index is 928. The molecule has 10 heteroatoms. The zero-order chi connectivity index (χ0) is 20.7. The SMILES string of the molecule is Cc1ccc(S(=O)(=O)NCCCNc2cncc(C(=O)N3CCOCC3)n2)cc1. The van der Waals surface area contributed by atoms with Crippen LogP contribution in [0.2, 0.25) is 0 Å². The van der Waals surface area contributed by atoms with E-state index in [-0.39, 0.29) is 23.0 Å². The van der Waals surface area contributed by atoms with E-state index in [0.29, 0.717) is 45.1 Å². The van der Waals surface area contributed by atoms with E-state index in [4.69, 9.17) is 4.74 Å². The maximum Gasteiger partial charge on any atom is 0.274 e. The quantitative estimate of drug-likeness (QED) is 0.615. The molecule has 2 heterocycles. The molecule has 1 aliphatic rings. The van der Waals surface area contributed by atoms with Gasteiger partial charge in [-0.15, -0.1) is 0 Å². The van der Waals surface area contributed by atoms with Gasteiger partial charge in [-0.05, 0) is 25.5 Å². The standard InChI is InChI=1S/C19H25N5O4S/c1-15-3-5-16(6-4-15)29(26,27)22-8-2-7-21-18-14-20-13-17(23-18)19(25)24-9-11-28-12-10-24/h3-6,13-14,22H,2,7-12H2,1H3,(H,21,23). The van der Waals surface area contributed by atoms with Crippen molar-refractivity contribution in [2.24, 2.45) is 0 Å². The summed E-state index contributed by atoms with van der Waals surface area (Å²) in [6.07, 6.45) is 3.53. The van der Waals surface area contributed by atoms with Gasteiger partial charge in [0.05, 0.1) is 30.5 Å². The van der Waals surface area contributed by atoms with Crippen LogP contribution >= 0.6 is 0 Å². The lowest BCUT2D eigenvalue weighted by molar-refractivity contribution is 0.0299. The first-order valence-corrected chi connectivity index (χ1v) is 10.9. The van der Waals surface area contributed by atoms with Gasteiger partial charge < -0.3 is 15.0 Å². The first kappa shape index (κ1) is 21.2. The van der Waals surface area contributed by atoms with Crippen LogP contribution < -0.4 is 10.0 Å². The third-order valence-corrected chi connectivity index (χ3v) is 5.91. The number of ether oxygens (including phenoxy) is 1. The van der Waals surface area contributed by atoms with E-state index in [0.717, 1.165) is 5.56 Å². The number of hydrogen-bond donors (Lipinski definition) is 2. The topological polar surface area (TPSA) is 114 Å². The number of rotatable bonds is 8. The molecule has 0 radical (unpaired) electrons. The van der Waals surface area contributed by atoms with E-state index in [2.05, 4.69) is 20.0 Å². The van der Waals surface area contributed by atoms with E-state index in [1.54, 1.807) is 29.2 Å². The van der Waals surface area contributed by atoms with Gasteiger partial charge in [-0.25, -0.2) is 18.1 Å². The van der Waals surface area contributed by atoms with Crippen molar-refractivity contribution in [3.63, 3.8) is 0 Å². The number of nitrogens with zero attached hydrogens (tertiary/aromatic N) is 3. The Morgan fingerprint density at radius 2 is 1.86 bits per heavy atom. The van der Waals surface area contributed by atoms with Crippen molar-refractivity contribution >= 4 is 21.7 Å². The van der Waals surface area contributed by atoms with E-state index >= 15 is 0 Å². The summed E-state index contributed by atoms with van der Waals surface area (Å²) in [6.45, 7) is 4.80. The van der Waals surface area contributed by atoms with Crippen molar-refractivity contribution in [3.8, 4) is 0 Å². The summed E-state index contributed by atoms with van der Waals surface area (Å²) < 4.78 is 32.3. The van der Waals surface area contributed by atoms with Gasteiger partial charge in [0.2, 0.25) is 10.0 Å². The van der Waals surface area contributed by atoms with Crippen LogP contribution in [0.25, 0.3) is 0 Å². The molecular formula is C19H25N5O4S. The van der Waals surface area contributed by atoms with Crippen molar-refractivity contribution in [1.82, 2.24) is 19.6 Å². The Morgan fingerprint density at radius 3 is 2.59 bits per heavy atom. The molecular weight excluding hydrogens is 394 g/mol. The molecule has 0 spiro atoms. The van der Waals surface area contributed by atoms with Crippen LogP contribution in [0.3, 0.4) is 0 Å². The second-order valence-electron chi connectivity index (χ2n) is 6.69. The summed E-state index contributed by atoms with van der Waals surface area (Å²) in [5.74, 6) is 0.306. The molecule has 29 heavy (non-hydrogen) atoms. The Balaban J connectivity index is 1.46. The van der Waals surface area contributed by atoms with Crippen LogP contribution in [0.4, 0.5) is 5.82 Å². The number of benzene rings is 1. The zero-order valence-corrected chi connectivity index (χ0v) is 17.1. The van der Waals surface area contributed by atoms with Gasteiger partial charge >= 0.3 is 0 Å². The van der Waals surface area contributed by atoms with Crippen molar-refractivity contribution in [3.05, 3.63) is 47.9 Å². The minimum atomic E-state index is -3.52. The highest BCUT2D eigenvalue weighted by Crippen LogP contribution is 2.10. The minimum absolute atomic E-state index is 0.171. The third kappa shape index (κ3) is 5.96. The molecule has 1 fully saturated rings. The maximum absolute atomic E-state index is 12.5. The number of carbonyl (C=O) groups is 1. The molecule has 1 aliphatic heterocycles. The number of amides is 1. The highest BCUT2D eigenvalue weighted by molar-refractivity contribution is 7.89. The number of nitrogens with one attached hydrogen (secondary N) is 2. The van der Waals surface area contributed by atoms with Gasteiger partial charge in [-0.2, -0.15) is 0 Å². The molecule has 2 N–H and O–H groups in total. The van der Waals surface area contributed by atoms with E-state index < -0.39 is 10.0 Å². The first-order chi connectivity index (χ1) is 14.0. The fourth-order valence-electron chi connectivity index (χ4n) is 2.79. The number of aromatic nitrogens is 2. The number of sulfonamides is 1. The van der Waals surface area contributed by atoms with E-state index in [9.17, 15) is 13.2 Å². The molecule has 3 rings (SSSR count). The lowest BCUT2D eigenvalue weighted by atomic mass is 10.2. The number of morpholine rings is 1. The lowest BCUT2D eigenvalue weighted by Crippen LogP contribution is -2.41. The maximum atomic E-state index is 12.5. The molecule has 1 amide bonds. The van der Waals surface area contributed by atoms with Crippen LogP contribution in [0.1, 0.15) is 22.5 Å². The van der Waals surface area contributed by atoms with Gasteiger partial charge in [0, 0.05) is 26.2 Å². The highest BCUT2D eigenvalue weighted by Gasteiger charge is 2.20. The largest absolute Gasteiger partial charge is 0.378 e. The smallest absolute Gasteiger partial charge is 0.274 e. The van der Waals surface area contributed by atoms with Gasteiger partial charge in [0.25, 0.3) is 5.91 Å². The highest BCUT2D eigenvalue weighted by atomic mass is 32.2. The molecule has 1 aromatic carbocycles. The van der Waals surface area contributed by atoms with Crippen LogP contribution in [0.15, 0.2) is 41.6 Å². The summed E-state index contributed by atoms with van der Waals surface area (Å²) in [5, 5.41) is 3.07. The second kappa shape index (κ2) is 9.77. The summed E-state index contributed by atoms with van der Waals surface area (Å²) >= 11 is 0. The van der Waals surface area contributed by atoms with Crippen LogP contribution in [0, 0.1) is 6.92 Å². The average molecular weight is 420 g/mol. The number of aryl methyl sites for hydroxylation is 1. The third-order valence-electron chi connectivity index (χ3n) is 4.43. The predicted molar refractivity (Wildman–Crippen MR) is 108 cm³/mol. The monoisotopic (exact) mass is 419 g/mol.